The molecule has 0 bridgehead atoms. The third-order valence-electron chi connectivity index (χ3n) is 4.59. The minimum atomic E-state index is -1.21. The summed E-state index contributed by atoms with van der Waals surface area (Å²) in [5.41, 5.74) is 0. The molecule has 9 heteroatoms. The van der Waals surface area contributed by atoms with Crippen LogP contribution in [-0.2, 0) is 24.0 Å². The SMILES string of the molecule is CC(C)C(=O)N[C@H](C(=O)C[C@@H](CCC(=O)O)C(=O)N[C@H](C(=O)O)C(C)C)C(C)C. The summed E-state index contributed by atoms with van der Waals surface area (Å²) in [5.74, 6) is -5.64. The van der Waals surface area contributed by atoms with Crippen molar-refractivity contribution in [2.24, 2.45) is 23.7 Å². The normalized spacial score (nSPS) is 14.4. The summed E-state index contributed by atoms with van der Waals surface area (Å²) in [6.07, 6.45) is -0.736. The fourth-order valence-corrected chi connectivity index (χ4v) is 2.72. The number of ketones is 1. The van der Waals surface area contributed by atoms with E-state index >= 15 is 0 Å². The van der Waals surface area contributed by atoms with Crippen LogP contribution in [0.15, 0.2) is 0 Å². The van der Waals surface area contributed by atoms with E-state index < -0.39 is 41.6 Å². The molecule has 0 spiro atoms. The van der Waals surface area contributed by atoms with E-state index in [1.165, 1.54) is 0 Å². The van der Waals surface area contributed by atoms with Crippen molar-refractivity contribution in [1.29, 1.82) is 0 Å². The molecule has 2 amide bonds. The summed E-state index contributed by atoms with van der Waals surface area (Å²) in [4.78, 5) is 59.7. The summed E-state index contributed by atoms with van der Waals surface area (Å²) in [5, 5.41) is 23.3. The minimum absolute atomic E-state index is 0.111. The van der Waals surface area contributed by atoms with E-state index in [1.807, 2.05) is 0 Å². The molecule has 166 valence electrons. The Morgan fingerprint density at radius 3 is 1.62 bits per heavy atom. The fourth-order valence-electron chi connectivity index (χ4n) is 2.72. The quantitative estimate of drug-likeness (QED) is 0.356. The van der Waals surface area contributed by atoms with Gasteiger partial charge in [-0.3, -0.25) is 19.2 Å². The van der Waals surface area contributed by atoms with Crippen LogP contribution in [0.4, 0.5) is 0 Å². The van der Waals surface area contributed by atoms with Gasteiger partial charge < -0.3 is 20.8 Å². The number of Topliss-reactive ketones (excluding diaryl/α,β-unsaturated/α-hetero) is 1. The van der Waals surface area contributed by atoms with Crippen molar-refractivity contribution in [1.82, 2.24) is 10.6 Å². The molecule has 0 aromatic rings. The molecule has 0 saturated heterocycles. The highest BCUT2D eigenvalue weighted by molar-refractivity contribution is 5.94. The second-order valence-corrected chi connectivity index (χ2v) is 8.25. The molecule has 0 aliphatic rings. The summed E-state index contributed by atoms with van der Waals surface area (Å²) in [6.45, 7) is 10.2. The van der Waals surface area contributed by atoms with E-state index in [-0.39, 0.29) is 42.9 Å². The van der Waals surface area contributed by atoms with Crippen LogP contribution in [0.1, 0.15) is 60.8 Å². The minimum Gasteiger partial charge on any atom is -0.481 e. The van der Waals surface area contributed by atoms with Gasteiger partial charge in [0.2, 0.25) is 11.8 Å². The van der Waals surface area contributed by atoms with E-state index in [1.54, 1.807) is 41.5 Å². The molecular weight excluding hydrogens is 380 g/mol. The lowest BCUT2D eigenvalue weighted by Gasteiger charge is -2.26. The van der Waals surface area contributed by atoms with E-state index in [0.29, 0.717) is 0 Å². The molecule has 0 heterocycles. The third kappa shape index (κ3) is 9.54. The van der Waals surface area contributed by atoms with Crippen LogP contribution in [0.2, 0.25) is 0 Å². The van der Waals surface area contributed by atoms with Gasteiger partial charge in [-0.15, -0.1) is 0 Å². The maximum Gasteiger partial charge on any atom is 0.326 e. The van der Waals surface area contributed by atoms with Crippen molar-refractivity contribution in [3.05, 3.63) is 0 Å². The van der Waals surface area contributed by atoms with Crippen molar-refractivity contribution < 1.29 is 34.2 Å². The molecular formula is C20H34N2O7. The molecule has 3 atom stereocenters. The van der Waals surface area contributed by atoms with E-state index in [4.69, 9.17) is 5.11 Å². The first-order valence-corrected chi connectivity index (χ1v) is 9.85. The number of nitrogens with one attached hydrogen (secondary N) is 2. The molecule has 29 heavy (non-hydrogen) atoms. The number of carbonyl (C=O) groups is 5. The maximum absolute atomic E-state index is 12.8. The highest BCUT2D eigenvalue weighted by Crippen LogP contribution is 2.18. The van der Waals surface area contributed by atoms with Gasteiger partial charge in [-0.25, -0.2) is 4.79 Å². The molecule has 0 radical (unpaired) electrons. The fraction of sp³-hybridized carbons (Fsp3) is 0.750. The van der Waals surface area contributed by atoms with Crippen LogP contribution < -0.4 is 10.6 Å². The predicted molar refractivity (Wildman–Crippen MR) is 106 cm³/mol. The molecule has 0 saturated carbocycles. The molecule has 9 nitrogen and oxygen atoms in total. The first-order valence-electron chi connectivity index (χ1n) is 9.85. The van der Waals surface area contributed by atoms with Gasteiger partial charge in [0, 0.05) is 24.7 Å². The molecule has 0 aromatic carbocycles. The highest BCUT2D eigenvalue weighted by Gasteiger charge is 2.32. The first kappa shape index (κ1) is 26.6. The molecule has 0 aliphatic carbocycles. The molecule has 4 N–H and O–H groups in total. The van der Waals surface area contributed by atoms with Crippen molar-refractivity contribution in [2.45, 2.75) is 72.9 Å². The van der Waals surface area contributed by atoms with Crippen LogP contribution in [-0.4, -0.2) is 51.8 Å². The number of carboxylic acids is 2. The van der Waals surface area contributed by atoms with Crippen molar-refractivity contribution >= 4 is 29.5 Å². The van der Waals surface area contributed by atoms with Gasteiger partial charge in [-0.2, -0.15) is 0 Å². The van der Waals surface area contributed by atoms with Crippen LogP contribution in [0.25, 0.3) is 0 Å². The second-order valence-electron chi connectivity index (χ2n) is 8.25. The lowest BCUT2D eigenvalue weighted by molar-refractivity contribution is -0.144. The van der Waals surface area contributed by atoms with E-state index in [0.717, 1.165) is 0 Å². The van der Waals surface area contributed by atoms with Crippen molar-refractivity contribution in [3.8, 4) is 0 Å². The monoisotopic (exact) mass is 414 g/mol. The summed E-state index contributed by atoms with van der Waals surface area (Å²) >= 11 is 0. The molecule has 0 aliphatic heterocycles. The van der Waals surface area contributed by atoms with Gasteiger partial charge in [-0.1, -0.05) is 41.5 Å². The first-order chi connectivity index (χ1) is 13.3. The zero-order chi connectivity index (χ0) is 22.9. The number of amides is 2. The second kappa shape index (κ2) is 12.2. The molecule has 0 rings (SSSR count). The van der Waals surface area contributed by atoms with Crippen LogP contribution in [0.3, 0.4) is 0 Å². The third-order valence-corrected chi connectivity index (χ3v) is 4.59. The van der Waals surface area contributed by atoms with Gasteiger partial charge in [0.05, 0.1) is 6.04 Å². The number of aliphatic carboxylic acids is 2. The lowest BCUT2D eigenvalue weighted by atomic mass is 9.89. The van der Waals surface area contributed by atoms with Gasteiger partial charge >= 0.3 is 11.9 Å². The topological polar surface area (TPSA) is 150 Å². The number of carbonyl (C=O) groups excluding carboxylic acids is 3. The number of hydrogen-bond donors (Lipinski definition) is 4. The average Bonchev–Trinajstić information content (AvgIpc) is 2.58. The Bertz CT molecular complexity index is 614. The zero-order valence-corrected chi connectivity index (χ0v) is 18.0. The predicted octanol–water partition coefficient (Wildman–Crippen LogP) is 1.45. The summed E-state index contributed by atoms with van der Waals surface area (Å²) in [7, 11) is 0. The molecule has 0 aromatic heterocycles. The van der Waals surface area contributed by atoms with Crippen molar-refractivity contribution in [2.75, 3.05) is 0 Å². The highest BCUT2D eigenvalue weighted by atomic mass is 16.4. The van der Waals surface area contributed by atoms with Crippen LogP contribution in [0.5, 0.6) is 0 Å². The summed E-state index contributed by atoms with van der Waals surface area (Å²) in [6, 6.07) is -1.96. The molecule has 0 unspecified atom stereocenters. The Morgan fingerprint density at radius 2 is 1.24 bits per heavy atom. The average molecular weight is 414 g/mol. The van der Waals surface area contributed by atoms with E-state index in [2.05, 4.69) is 10.6 Å². The summed E-state index contributed by atoms with van der Waals surface area (Å²) < 4.78 is 0. The van der Waals surface area contributed by atoms with Gasteiger partial charge in [0.15, 0.2) is 5.78 Å². The number of carboxylic acid groups (broad SMARTS) is 2. The standard InChI is InChI=1S/C20H34N2O7/c1-10(2)16(21-18(26)12(5)6)14(23)9-13(7-8-15(24)25)19(27)22-17(11(3)4)20(28)29/h10-13,16-17H,7-9H2,1-6H3,(H,21,26)(H,22,27)(H,24,25)(H,28,29)/t13-,16+,17+/m1/s1. The Labute approximate surface area is 171 Å². The molecule has 0 fully saturated rings. The van der Waals surface area contributed by atoms with Crippen molar-refractivity contribution in [3.63, 3.8) is 0 Å². The van der Waals surface area contributed by atoms with Gasteiger partial charge in [0.1, 0.15) is 6.04 Å². The Balaban J connectivity index is 5.44. The Hall–Kier alpha value is -2.45. The van der Waals surface area contributed by atoms with Gasteiger partial charge in [0.25, 0.3) is 0 Å². The Morgan fingerprint density at radius 1 is 0.759 bits per heavy atom. The number of rotatable bonds is 13. The lowest BCUT2D eigenvalue weighted by Crippen LogP contribution is -2.49. The number of hydrogen-bond acceptors (Lipinski definition) is 5. The maximum atomic E-state index is 12.8. The van der Waals surface area contributed by atoms with E-state index in [9.17, 15) is 29.1 Å². The van der Waals surface area contributed by atoms with Crippen LogP contribution in [0, 0.1) is 23.7 Å². The zero-order valence-electron chi connectivity index (χ0n) is 18.0. The van der Waals surface area contributed by atoms with Crippen LogP contribution >= 0.6 is 0 Å². The van der Waals surface area contributed by atoms with Gasteiger partial charge in [-0.05, 0) is 18.3 Å². The largest absolute Gasteiger partial charge is 0.481 e. The Kier molecular flexibility index (Phi) is 11.2. The smallest absolute Gasteiger partial charge is 0.326 e.